The van der Waals surface area contributed by atoms with E-state index in [4.69, 9.17) is 4.52 Å². The van der Waals surface area contributed by atoms with Crippen LogP contribution in [0.4, 0.5) is 5.82 Å². The van der Waals surface area contributed by atoms with Crippen LogP contribution in [0.25, 0.3) is 10.9 Å². The van der Waals surface area contributed by atoms with Crippen LogP contribution in [0.1, 0.15) is 19.6 Å². The number of aryl methyl sites for hydroxylation is 1. The zero-order valence-electron chi connectivity index (χ0n) is 14.4. The van der Waals surface area contributed by atoms with E-state index >= 15 is 0 Å². The number of carbonyl (C=O) groups is 1. The van der Waals surface area contributed by atoms with Gasteiger partial charge in [0, 0.05) is 17.1 Å². The molecule has 0 saturated heterocycles. The fraction of sp³-hybridized carbons (Fsp3) is 0.294. The number of anilines is 1. The molecule has 2 heterocycles. The maximum atomic E-state index is 12.7. The molecule has 0 aliphatic rings. The van der Waals surface area contributed by atoms with Gasteiger partial charge in [-0.2, -0.15) is 0 Å². The van der Waals surface area contributed by atoms with E-state index < -0.39 is 5.25 Å². The van der Waals surface area contributed by atoms with Crippen molar-refractivity contribution in [3.8, 4) is 0 Å². The van der Waals surface area contributed by atoms with Crippen LogP contribution in [0, 0.1) is 6.92 Å². The minimum atomic E-state index is -0.468. The Morgan fingerprint density at radius 2 is 2.19 bits per heavy atom. The number of fused-ring (bicyclic) bond motifs is 1. The molecule has 1 N–H and O–H groups in total. The van der Waals surface area contributed by atoms with Crippen molar-refractivity contribution in [1.29, 1.82) is 0 Å². The molecule has 0 fully saturated rings. The predicted octanol–water partition coefficient (Wildman–Crippen LogP) is 3.59. The molecule has 1 unspecified atom stereocenters. The summed E-state index contributed by atoms with van der Waals surface area (Å²) in [7, 11) is 0. The van der Waals surface area contributed by atoms with E-state index in [9.17, 15) is 9.59 Å². The average molecular weight is 437 g/mol. The highest BCUT2D eigenvalue weighted by Gasteiger charge is 2.20. The van der Waals surface area contributed by atoms with Crippen molar-refractivity contribution in [3.63, 3.8) is 0 Å². The molecular formula is C17H17BrN4O3S. The molecule has 9 heteroatoms. The molecular weight excluding hydrogens is 420 g/mol. The minimum Gasteiger partial charge on any atom is -0.360 e. The maximum Gasteiger partial charge on any atom is 0.262 e. The molecule has 0 saturated carbocycles. The second-order valence-electron chi connectivity index (χ2n) is 5.68. The molecule has 3 rings (SSSR count). The van der Waals surface area contributed by atoms with Gasteiger partial charge in [-0.15, -0.1) is 0 Å². The lowest BCUT2D eigenvalue weighted by molar-refractivity contribution is -0.115. The van der Waals surface area contributed by atoms with Crippen LogP contribution in [0.15, 0.2) is 43.2 Å². The number of nitrogens with zero attached hydrogens (tertiary/aromatic N) is 3. The monoisotopic (exact) mass is 436 g/mol. The van der Waals surface area contributed by atoms with Gasteiger partial charge < -0.3 is 9.84 Å². The Hall–Kier alpha value is -2.13. The number of aromatic nitrogens is 3. The molecule has 0 bridgehead atoms. The Labute approximate surface area is 162 Å². The first kappa shape index (κ1) is 18.7. The van der Waals surface area contributed by atoms with Gasteiger partial charge in [-0.3, -0.25) is 14.2 Å². The molecule has 2 aromatic heterocycles. The van der Waals surface area contributed by atoms with E-state index in [0.717, 1.165) is 4.47 Å². The smallest absolute Gasteiger partial charge is 0.262 e. The van der Waals surface area contributed by atoms with Crippen molar-refractivity contribution in [3.05, 3.63) is 44.9 Å². The zero-order valence-corrected chi connectivity index (χ0v) is 16.8. The van der Waals surface area contributed by atoms with E-state index in [1.54, 1.807) is 36.6 Å². The van der Waals surface area contributed by atoms with Crippen LogP contribution in [0.5, 0.6) is 0 Å². The summed E-state index contributed by atoms with van der Waals surface area (Å²) in [5.41, 5.74) is 0.478. The number of rotatable bonds is 5. The summed E-state index contributed by atoms with van der Waals surface area (Å²) >= 11 is 4.61. The Kier molecular flexibility index (Phi) is 5.47. The molecule has 1 atom stereocenters. The second kappa shape index (κ2) is 7.63. The lowest BCUT2D eigenvalue weighted by atomic mass is 10.2. The summed E-state index contributed by atoms with van der Waals surface area (Å²) in [5, 5.41) is 7.02. The molecule has 26 heavy (non-hydrogen) atoms. The quantitative estimate of drug-likeness (QED) is 0.485. The fourth-order valence-electron chi connectivity index (χ4n) is 2.41. The summed E-state index contributed by atoms with van der Waals surface area (Å²) in [4.78, 5) is 29.7. The van der Waals surface area contributed by atoms with Crippen molar-refractivity contribution in [1.82, 2.24) is 14.7 Å². The number of hydrogen-bond acceptors (Lipinski definition) is 6. The van der Waals surface area contributed by atoms with Gasteiger partial charge in [-0.05, 0) is 39.0 Å². The van der Waals surface area contributed by atoms with Gasteiger partial charge in [0.15, 0.2) is 11.0 Å². The van der Waals surface area contributed by atoms with Gasteiger partial charge in [0.05, 0.1) is 16.2 Å². The lowest BCUT2D eigenvalue weighted by Crippen LogP contribution is -2.26. The zero-order chi connectivity index (χ0) is 18.8. The molecule has 3 aromatic rings. The molecule has 7 nitrogen and oxygen atoms in total. The molecule has 1 aromatic carbocycles. The first-order valence-corrected chi connectivity index (χ1v) is 9.67. The number of thioether (sulfide) groups is 1. The number of benzene rings is 1. The standard InChI is InChI=1S/C17H17BrN4O3S/c1-4-22-16(24)12-8-11(18)5-6-13(12)19-17(22)26-10(3)15(23)20-14-7-9(2)25-21-14/h5-8,10H,4H2,1-3H3,(H,20,21,23). The lowest BCUT2D eigenvalue weighted by Gasteiger charge is -2.14. The van der Waals surface area contributed by atoms with E-state index in [-0.39, 0.29) is 11.5 Å². The number of hydrogen-bond donors (Lipinski definition) is 1. The van der Waals surface area contributed by atoms with Gasteiger partial charge in [-0.25, -0.2) is 4.98 Å². The third-order valence-corrected chi connectivity index (χ3v) is 5.31. The summed E-state index contributed by atoms with van der Waals surface area (Å²) in [6.07, 6.45) is 0. The molecule has 0 aliphatic carbocycles. The average Bonchev–Trinajstić information content (AvgIpc) is 3.00. The topological polar surface area (TPSA) is 90.0 Å². The van der Waals surface area contributed by atoms with Crippen LogP contribution in [-0.4, -0.2) is 25.9 Å². The summed E-state index contributed by atoms with van der Waals surface area (Å²) in [6, 6.07) is 7.02. The second-order valence-corrected chi connectivity index (χ2v) is 7.90. The van der Waals surface area contributed by atoms with Crippen LogP contribution in [0.3, 0.4) is 0 Å². The highest BCUT2D eigenvalue weighted by Crippen LogP contribution is 2.24. The summed E-state index contributed by atoms with van der Waals surface area (Å²) in [6.45, 7) is 5.84. The van der Waals surface area contributed by atoms with Crippen LogP contribution in [0.2, 0.25) is 0 Å². The van der Waals surface area contributed by atoms with Crippen molar-refractivity contribution < 1.29 is 9.32 Å². The van der Waals surface area contributed by atoms with Gasteiger partial charge in [0.25, 0.3) is 5.56 Å². The number of amides is 1. The van der Waals surface area contributed by atoms with Gasteiger partial charge in [-0.1, -0.05) is 32.8 Å². The van der Waals surface area contributed by atoms with Crippen molar-refractivity contribution in [2.24, 2.45) is 0 Å². The van der Waals surface area contributed by atoms with E-state index in [1.807, 2.05) is 13.0 Å². The number of carbonyl (C=O) groups excluding carboxylic acids is 1. The van der Waals surface area contributed by atoms with Gasteiger partial charge >= 0.3 is 0 Å². The van der Waals surface area contributed by atoms with Crippen molar-refractivity contribution in [2.75, 3.05) is 5.32 Å². The Bertz CT molecular complexity index is 1030. The first-order valence-electron chi connectivity index (χ1n) is 8.00. The van der Waals surface area contributed by atoms with E-state index in [0.29, 0.717) is 34.2 Å². The van der Waals surface area contributed by atoms with E-state index in [1.165, 1.54) is 11.8 Å². The number of halogens is 1. The third kappa shape index (κ3) is 3.83. The largest absolute Gasteiger partial charge is 0.360 e. The molecule has 1 amide bonds. The fourth-order valence-corrected chi connectivity index (χ4v) is 3.74. The van der Waals surface area contributed by atoms with Crippen LogP contribution >= 0.6 is 27.7 Å². The minimum absolute atomic E-state index is 0.124. The van der Waals surface area contributed by atoms with Crippen LogP contribution < -0.4 is 10.9 Å². The maximum absolute atomic E-state index is 12.7. The Morgan fingerprint density at radius 1 is 1.42 bits per heavy atom. The predicted molar refractivity (Wildman–Crippen MR) is 105 cm³/mol. The normalized spacial score (nSPS) is 12.3. The van der Waals surface area contributed by atoms with Crippen molar-refractivity contribution in [2.45, 2.75) is 37.7 Å². The molecule has 0 aliphatic heterocycles. The molecule has 0 spiro atoms. The summed E-state index contributed by atoms with van der Waals surface area (Å²) < 4.78 is 7.34. The Morgan fingerprint density at radius 3 is 2.85 bits per heavy atom. The summed E-state index contributed by atoms with van der Waals surface area (Å²) in [5.74, 6) is 0.739. The van der Waals surface area contributed by atoms with Crippen LogP contribution in [-0.2, 0) is 11.3 Å². The first-order chi connectivity index (χ1) is 12.4. The van der Waals surface area contributed by atoms with Crippen molar-refractivity contribution >= 4 is 50.3 Å². The van der Waals surface area contributed by atoms with E-state index in [2.05, 4.69) is 31.4 Å². The number of nitrogens with one attached hydrogen (secondary N) is 1. The molecule has 136 valence electrons. The highest BCUT2D eigenvalue weighted by atomic mass is 79.9. The molecule has 0 radical (unpaired) electrons. The highest BCUT2D eigenvalue weighted by molar-refractivity contribution is 9.10. The van der Waals surface area contributed by atoms with Gasteiger partial charge in [0.1, 0.15) is 5.76 Å². The SMILES string of the molecule is CCn1c(SC(C)C(=O)Nc2cc(C)on2)nc2ccc(Br)cc2c1=O. The Balaban J connectivity index is 1.88. The van der Waals surface area contributed by atoms with Gasteiger partial charge in [0.2, 0.25) is 5.91 Å². The third-order valence-electron chi connectivity index (χ3n) is 3.73.